The lowest BCUT2D eigenvalue weighted by atomic mass is 10.2. The third-order valence-corrected chi connectivity index (χ3v) is 4.37. The molecule has 3 rings (SSSR count). The van der Waals surface area contributed by atoms with Crippen LogP contribution in [-0.4, -0.2) is 76.9 Å². The summed E-state index contributed by atoms with van der Waals surface area (Å²) >= 11 is 0. The van der Waals surface area contributed by atoms with Gasteiger partial charge in [0.05, 0.1) is 6.67 Å². The fraction of sp³-hybridized carbons (Fsp3) is 0.529. The summed E-state index contributed by atoms with van der Waals surface area (Å²) in [6.45, 7) is 7.17. The summed E-state index contributed by atoms with van der Waals surface area (Å²) in [7, 11) is 0. The van der Waals surface area contributed by atoms with E-state index in [9.17, 15) is 14.4 Å². The molecule has 8 heteroatoms. The van der Waals surface area contributed by atoms with Crippen molar-refractivity contribution >= 4 is 23.7 Å². The summed E-state index contributed by atoms with van der Waals surface area (Å²) < 4.78 is 0. The maximum atomic E-state index is 12.4. The maximum Gasteiger partial charge on any atom is 0.335 e. The van der Waals surface area contributed by atoms with Crippen LogP contribution in [0, 0.1) is 5.92 Å². The number of piperazine rings is 1. The molecule has 2 aliphatic heterocycles. The van der Waals surface area contributed by atoms with Gasteiger partial charge in [0, 0.05) is 38.9 Å². The molecular weight excluding hydrogens is 322 g/mol. The molecule has 0 radical (unpaired) electrons. The third kappa shape index (κ3) is 3.63. The van der Waals surface area contributed by atoms with Gasteiger partial charge in [0.1, 0.15) is 5.82 Å². The molecule has 25 heavy (non-hydrogen) atoms. The Kier molecular flexibility index (Phi) is 4.98. The van der Waals surface area contributed by atoms with Crippen molar-refractivity contribution in [1.82, 2.24) is 19.7 Å². The molecule has 134 valence electrons. The number of hydrogen-bond acceptors (Lipinski definition) is 6. The Labute approximate surface area is 147 Å². The molecule has 0 bridgehead atoms. The van der Waals surface area contributed by atoms with Crippen LogP contribution in [0.15, 0.2) is 24.4 Å². The number of urea groups is 1. The lowest BCUT2D eigenvalue weighted by Crippen LogP contribution is -2.51. The van der Waals surface area contributed by atoms with Crippen molar-refractivity contribution in [2.75, 3.05) is 44.3 Å². The summed E-state index contributed by atoms with van der Waals surface area (Å²) in [6.07, 6.45) is 1.76. The predicted octanol–water partition coefficient (Wildman–Crippen LogP) is 0.608. The Morgan fingerprint density at radius 3 is 2.28 bits per heavy atom. The topological polar surface area (TPSA) is 77.1 Å². The number of rotatable bonds is 5. The van der Waals surface area contributed by atoms with Gasteiger partial charge < -0.3 is 4.90 Å². The van der Waals surface area contributed by atoms with E-state index in [2.05, 4.69) is 9.88 Å². The van der Waals surface area contributed by atoms with Crippen molar-refractivity contribution < 1.29 is 14.4 Å². The number of aromatic nitrogens is 1. The number of amides is 4. The molecule has 3 heterocycles. The average molecular weight is 345 g/mol. The molecule has 1 aromatic rings. The molecule has 1 aromatic heterocycles. The van der Waals surface area contributed by atoms with E-state index in [-0.39, 0.29) is 19.1 Å². The molecule has 8 nitrogen and oxygen atoms in total. The largest absolute Gasteiger partial charge is 0.354 e. The van der Waals surface area contributed by atoms with E-state index in [1.165, 1.54) is 0 Å². The molecular formula is C17H23N5O3. The van der Waals surface area contributed by atoms with Crippen LogP contribution in [0.25, 0.3) is 0 Å². The monoisotopic (exact) mass is 345 g/mol. The van der Waals surface area contributed by atoms with E-state index >= 15 is 0 Å². The Balaban J connectivity index is 1.58. The van der Waals surface area contributed by atoms with Crippen LogP contribution in [0.4, 0.5) is 10.6 Å². The second-order valence-corrected chi connectivity index (χ2v) is 6.76. The van der Waals surface area contributed by atoms with E-state index in [1.807, 2.05) is 36.9 Å². The zero-order valence-electron chi connectivity index (χ0n) is 14.6. The van der Waals surface area contributed by atoms with Crippen molar-refractivity contribution in [3.63, 3.8) is 0 Å². The van der Waals surface area contributed by atoms with Gasteiger partial charge in [-0.1, -0.05) is 19.9 Å². The number of carbonyl (C=O) groups is 3. The highest BCUT2D eigenvalue weighted by Gasteiger charge is 2.45. The highest BCUT2D eigenvalue weighted by molar-refractivity contribution is 6.44. The van der Waals surface area contributed by atoms with Gasteiger partial charge in [-0.2, -0.15) is 0 Å². The fourth-order valence-electron chi connectivity index (χ4n) is 3.06. The lowest BCUT2D eigenvalue weighted by Gasteiger charge is -2.36. The van der Waals surface area contributed by atoms with Gasteiger partial charge in [-0.15, -0.1) is 0 Å². The van der Waals surface area contributed by atoms with Crippen molar-refractivity contribution in [1.29, 1.82) is 0 Å². The fourth-order valence-corrected chi connectivity index (χ4v) is 3.06. The van der Waals surface area contributed by atoms with Crippen LogP contribution in [0.1, 0.15) is 13.8 Å². The van der Waals surface area contributed by atoms with Crippen molar-refractivity contribution in [2.45, 2.75) is 13.8 Å². The van der Waals surface area contributed by atoms with Crippen molar-refractivity contribution in [3.05, 3.63) is 24.4 Å². The van der Waals surface area contributed by atoms with Crippen LogP contribution in [0.5, 0.6) is 0 Å². The van der Waals surface area contributed by atoms with Crippen LogP contribution >= 0.6 is 0 Å². The molecule has 0 aromatic carbocycles. The van der Waals surface area contributed by atoms with Crippen LogP contribution in [-0.2, 0) is 9.59 Å². The average Bonchev–Trinajstić information content (AvgIpc) is 2.81. The predicted molar refractivity (Wildman–Crippen MR) is 91.7 cm³/mol. The van der Waals surface area contributed by atoms with Gasteiger partial charge in [0.25, 0.3) is 0 Å². The molecule has 2 aliphatic rings. The summed E-state index contributed by atoms with van der Waals surface area (Å²) in [5.41, 5.74) is 0. The number of pyridine rings is 1. The van der Waals surface area contributed by atoms with Crippen LogP contribution in [0.2, 0.25) is 0 Å². The number of imide groups is 2. The van der Waals surface area contributed by atoms with Gasteiger partial charge in [0.15, 0.2) is 0 Å². The minimum absolute atomic E-state index is 0.127. The SMILES string of the molecule is CC(C)CN1C(=O)C(=O)N(CN2CCN(c3ccccn3)CC2)C1=O. The smallest absolute Gasteiger partial charge is 0.335 e. The van der Waals surface area contributed by atoms with E-state index < -0.39 is 17.8 Å². The van der Waals surface area contributed by atoms with Crippen LogP contribution in [0.3, 0.4) is 0 Å². The number of hydrogen-bond donors (Lipinski definition) is 0. The zero-order valence-corrected chi connectivity index (χ0v) is 14.6. The molecule has 2 saturated heterocycles. The maximum absolute atomic E-state index is 12.4. The second-order valence-electron chi connectivity index (χ2n) is 6.76. The molecule has 0 atom stereocenters. The third-order valence-electron chi connectivity index (χ3n) is 4.37. The first kappa shape index (κ1) is 17.3. The first-order valence-corrected chi connectivity index (χ1v) is 8.53. The number of carbonyl (C=O) groups excluding carboxylic acids is 3. The molecule has 4 amide bonds. The minimum atomic E-state index is -0.724. The van der Waals surface area contributed by atoms with E-state index in [4.69, 9.17) is 0 Å². The first-order valence-electron chi connectivity index (χ1n) is 8.53. The standard InChI is InChI=1S/C17H23N5O3/c1-13(2)11-21-15(23)16(24)22(17(21)25)12-19-7-9-20(10-8-19)14-5-3-4-6-18-14/h3-6,13H,7-12H2,1-2H3. The Hall–Kier alpha value is -2.48. The Morgan fingerprint density at radius 2 is 1.68 bits per heavy atom. The zero-order chi connectivity index (χ0) is 18.0. The van der Waals surface area contributed by atoms with E-state index in [0.29, 0.717) is 13.1 Å². The van der Waals surface area contributed by atoms with Gasteiger partial charge in [0.2, 0.25) is 0 Å². The lowest BCUT2D eigenvalue weighted by molar-refractivity contribution is -0.144. The highest BCUT2D eigenvalue weighted by atomic mass is 16.2. The quantitative estimate of drug-likeness (QED) is 0.575. The molecule has 0 saturated carbocycles. The van der Waals surface area contributed by atoms with E-state index in [0.717, 1.165) is 28.7 Å². The Bertz CT molecular complexity index is 656. The van der Waals surface area contributed by atoms with Gasteiger partial charge in [-0.25, -0.2) is 14.7 Å². The molecule has 0 aliphatic carbocycles. The number of nitrogens with zero attached hydrogens (tertiary/aromatic N) is 5. The normalized spacial score (nSPS) is 19.5. The first-order chi connectivity index (χ1) is 12.0. The van der Waals surface area contributed by atoms with Crippen molar-refractivity contribution in [3.8, 4) is 0 Å². The van der Waals surface area contributed by atoms with Gasteiger partial charge in [-0.05, 0) is 18.1 Å². The second kappa shape index (κ2) is 7.18. The summed E-state index contributed by atoms with van der Waals surface area (Å²) in [5, 5.41) is 0. The molecule has 0 spiro atoms. The van der Waals surface area contributed by atoms with E-state index in [1.54, 1.807) is 6.20 Å². The molecule has 0 unspecified atom stereocenters. The summed E-state index contributed by atoms with van der Waals surface area (Å²) in [6, 6.07) is 5.29. The van der Waals surface area contributed by atoms with Crippen LogP contribution < -0.4 is 4.90 Å². The highest BCUT2D eigenvalue weighted by Crippen LogP contribution is 2.17. The van der Waals surface area contributed by atoms with Crippen molar-refractivity contribution in [2.24, 2.45) is 5.92 Å². The summed E-state index contributed by atoms with van der Waals surface area (Å²) in [5.74, 6) is -0.389. The van der Waals surface area contributed by atoms with Gasteiger partial charge >= 0.3 is 17.8 Å². The summed E-state index contributed by atoms with van der Waals surface area (Å²) in [4.78, 5) is 47.2. The van der Waals surface area contributed by atoms with Gasteiger partial charge in [-0.3, -0.25) is 19.4 Å². The Morgan fingerprint density at radius 1 is 1.00 bits per heavy atom. The molecule has 2 fully saturated rings. The molecule has 0 N–H and O–H groups in total. The minimum Gasteiger partial charge on any atom is -0.354 e. The number of anilines is 1.